The van der Waals surface area contributed by atoms with Gasteiger partial charge in [0.15, 0.2) is 0 Å². The molecule has 2 aromatic carbocycles. The molecule has 0 aliphatic rings. The van der Waals surface area contributed by atoms with Crippen molar-refractivity contribution in [2.45, 2.75) is 47.0 Å². The van der Waals surface area contributed by atoms with Gasteiger partial charge >= 0.3 is 23.9 Å². The Morgan fingerprint density at radius 2 is 0.935 bits per heavy atom. The van der Waals surface area contributed by atoms with Gasteiger partial charge in [0, 0.05) is 39.8 Å². The fourth-order valence-corrected chi connectivity index (χ4v) is 2.91. The molecule has 0 saturated carbocycles. The van der Waals surface area contributed by atoms with Crippen molar-refractivity contribution >= 4 is 23.9 Å². The summed E-state index contributed by atoms with van der Waals surface area (Å²) in [5, 5.41) is 0. The molecule has 0 spiro atoms. The molecule has 0 heterocycles. The molecular formula is C23H24O8. The second-order valence-electron chi connectivity index (χ2n) is 6.77. The molecule has 0 atom stereocenters. The van der Waals surface area contributed by atoms with Crippen LogP contribution in [0.5, 0.6) is 23.0 Å². The fraction of sp³-hybridized carbons (Fsp3) is 0.304. The number of esters is 4. The summed E-state index contributed by atoms with van der Waals surface area (Å²) in [6.07, 6.45) is 1.74. The predicted molar refractivity (Wildman–Crippen MR) is 110 cm³/mol. The number of rotatable bonds is 8. The Balaban J connectivity index is 2.16. The monoisotopic (exact) mass is 428 g/mol. The summed E-state index contributed by atoms with van der Waals surface area (Å²) in [6, 6.07) is 9.71. The van der Waals surface area contributed by atoms with Crippen molar-refractivity contribution in [3.05, 3.63) is 47.5 Å². The lowest BCUT2D eigenvalue weighted by atomic mass is 10.0. The van der Waals surface area contributed by atoms with E-state index < -0.39 is 23.9 Å². The third-order valence-corrected chi connectivity index (χ3v) is 4.00. The minimum absolute atomic E-state index is 0.283. The first-order valence-electron chi connectivity index (χ1n) is 9.63. The van der Waals surface area contributed by atoms with Gasteiger partial charge in [0.2, 0.25) is 0 Å². The maximum Gasteiger partial charge on any atom is 0.308 e. The molecule has 0 saturated heterocycles. The average Bonchev–Trinajstić information content (AvgIpc) is 2.63. The number of hydrogen-bond acceptors (Lipinski definition) is 8. The summed E-state index contributed by atoms with van der Waals surface area (Å²) in [4.78, 5) is 45.2. The van der Waals surface area contributed by atoms with Crippen LogP contribution >= 0.6 is 0 Å². The van der Waals surface area contributed by atoms with E-state index in [2.05, 4.69) is 0 Å². The highest BCUT2D eigenvalue weighted by molar-refractivity contribution is 5.72. The van der Waals surface area contributed by atoms with E-state index in [0.717, 1.165) is 11.1 Å². The van der Waals surface area contributed by atoms with Gasteiger partial charge in [-0.25, -0.2) is 0 Å². The van der Waals surface area contributed by atoms with Crippen molar-refractivity contribution in [3.63, 3.8) is 0 Å². The zero-order valence-corrected chi connectivity index (χ0v) is 17.9. The van der Waals surface area contributed by atoms with Crippen LogP contribution in [-0.2, 0) is 32.0 Å². The number of carbonyl (C=O) groups is 4. The van der Waals surface area contributed by atoms with Crippen LogP contribution < -0.4 is 18.9 Å². The number of carbonyl (C=O) groups excluding carboxylic acids is 4. The zero-order chi connectivity index (χ0) is 23.0. The third-order valence-electron chi connectivity index (χ3n) is 4.00. The summed E-state index contributed by atoms with van der Waals surface area (Å²) in [5.74, 6) is -0.725. The zero-order valence-electron chi connectivity index (χ0n) is 17.9. The van der Waals surface area contributed by atoms with Crippen LogP contribution in [0.2, 0.25) is 0 Å². The Bertz CT molecular complexity index is 914. The van der Waals surface area contributed by atoms with Crippen molar-refractivity contribution in [1.29, 1.82) is 0 Å². The average molecular weight is 428 g/mol. The Morgan fingerprint density at radius 3 is 1.26 bits per heavy atom. The summed E-state index contributed by atoms with van der Waals surface area (Å²) < 4.78 is 20.6. The fourth-order valence-electron chi connectivity index (χ4n) is 2.91. The molecule has 0 radical (unpaired) electrons. The lowest BCUT2D eigenvalue weighted by Crippen LogP contribution is -2.07. The number of benzene rings is 2. The summed E-state index contributed by atoms with van der Waals surface area (Å²) in [5.41, 5.74) is 1.52. The van der Waals surface area contributed by atoms with E-state index in [-0.39, 0.29) is 11.5 Å². The van der Waals surface area contributed by atoms with E-state index in [0.29, 0.717) is 30.8 Å². The molecule has 8 heteroatoms. The molecule has 2 rings (SSSR count). The lowest BCUT2D eigenvalue weighted by molar-refractivity contribution is -0.133. The lowest BCUT2D eigenvalue weighted by Gasteiger charge is -2.13. The topological polar surface area (TPSA) is 105 Å². The van der Waals surface area contributed by atoms with Crippen LogP contribution in [0.4, 0.5) is 0 Å². The first-order chi connectivity index (χ1) is 14.6. The van der Waals surface area contributed by atoms with Crippen molar-refractivity contribution in [1.82, 2.24) is 0 Å². The molecule has 0 bridgehead atoms. The van der Waals surface area contributed by atoms with Crippen LogP contribution in [0.15, 0.2) is 36.4 Å². The molecule has 0 unspecified atom stereocenters. The van der Waals surface area contributed by atoms with Crippen molar-refractivity contribution < 1.29 is 38.1 Å². The molecule has 0 aromatic heterocycles. The van der Waals surface area contributed by atoms with Gasteiger partial charge in [0.25, 0.3) is 0 Å². The van der Waals surface area contributed by atoms with E-state index in [4.69, 9.17) is 18.9 Å². The van der Waals surface area contributed by atoms with Crippen molar-refractivity contribution in [2.24, 2.45) is 0 Å². The highest BCUT2D eigenvalue weighted by Crippen LogP contribution is 2.29. The Labute approximate surface area is 180 Å². The number of ether oxygens (including phenoxy) is 4. The molecule has 0 fully saturated rings. The summed E-state index contributed by atoms with van der Waals surface area (Å²) in [6.45, 7) is 5.15. The number of hydrogen-bond donors (Lipinski definition) is 0. The minimum atomic E-state index is -0.487. The van der Waals surface area contributed by atoms with Crippen molar-refractivity contribution in [3.8, 4) is 23.0 Å². The minimum Gasteiger partial charge on any atom is -0.427 e. The number of aryl methyl sites for hydroxylation is 2. The maximum absolute atomic E-state index is 11.4. The van der Waals surface area contributed by atoms with Gasteiger partial charge in [-0.2, -0.15) is 0 Å². The second kappa shape index (κ2) is 10.9. The molecule has 2 aromatic rings. The molecule has 0 amide bonds. The van der Waals surface area contributed by atoms with Crippen LogP contribution in [0.25, 0.3) is 0 Å². The van der Waals surface area contributed by atoms with Crippen LogP contribution in [0, 0.1) is 0 Å². The molecule has 0 N–H and O–H groups in total. The SMILES string of the molecule is CC(=O)Oc1ccc(CCCc2ccc(OC(C)=O)cc2OC(C)=O)c(OC(C)=O)c1. The second-order valence-corrected chi connectivity index (χ2v) is 6.77. The van der Waals surface area contributed by atoms with Gasteiger partial charge in [-0.1, -0.05) is 12.1 Å². The molecule has 8 nitrogen and oxygen atoms in total. The highest BCUT2D eigenvalue weighted by Gasteiger charge is 2.13. The van der Waals surface area contributed by atoms with E-state index >= 15 is 0 Å². The third kappa shape index (κ3) is 7.93. The van der Waals surface area contributed by atoms with E-state index in [1.54, 1.807) is 24.3 Å². The molecule has 0 aliphatic heterocycles. The standard InChI is InChI=1S/C23H24O8/c1-14(24)28-20-10-8-18(22(12-20)30-16(3)26)6-5-7-19-9-11-21(29-15(2)25)13-23(19)31-17(4)27/h8-13H,5-7H2,1-4H3. The normalized spacial score (nSPS) is 10.2. The first kappa shape index (κ1) is 23.6. The van der Waals surface area contributed by atoms with E-state index in [9.17, 15) is 19.2 Å². The summed E-state index contributed by atoms with van der Waals surface area (Å²) >= 11 is 0. The van der Waals surface area contributed by atoms with Crippen LogP contribution in [-0.4, -0.2) is 23.9 Å². The van der Waals surface area contributed by atoms with Gasteiger partial charge in [0.05, 0.1) is 0 Å². The first-order valence-corrected chi connectivity index (χ1v) is 9.63. The molecule has 31 heavy (non-hydrogen) atoms. The molecular weight excluding hydrogens is 404 g/mol. The van der Waals surface area contributed by atoms with Gasteiger partial charge in [0.1, 0.15) is 23.0 Å². The molecule has 0 aliphatic carbocycles. The predicted octanol–water partition coefficient (Wildman–Crippen LogP) is 3.56. The Hall–Kier alpha value is -3.68. The van der Waals surface area contributed by atoms with Gasteiger partial charge in [-0.05, 0) is 42.5 Å². The molecule has 164 valence electrons. The van der Waals surface area contributed by atoms with Gasteiger partial charge in [-0.15, -0.1) is 0 Å². The quantitative estimate of drug-likeness (QED) is 0.464. The van der Waals surface area contributed by atoms with Crippen LogP contribution in [0.3, 0.4) is 0 Å². The largest absolute Gasteiger partial charge is 0.427 e. The van der Waals surface area contributed by atoms with E-state index in [1.165, 1.54) is 39.8 Å². The maximum atomic E-state index is 11.4. The Kier molecular flexibility index (Phi) is 8.31. The van der Waals surface area contributed by atoms with Gasteiger partial charge < -0.3 is 18.9 Å². The summed E-state index contributed by atoms with van der Waals surface area (Å²) in [7, 11) is 0. The van der Waals surface area contributed by atoms with Crippen LogP contribution in [0.1, 0.15) is 45.2 Å². The van der Waals surface area contributed by atoms with E-state index in [1.807, 2.05) is 0 Å². The smallest absolute Gasteiger partial charge is 0.308 e. The van der Waals surface area contributed by atoms with Crippen molar-refractivity contribution in [2.75, 3.05) is 0 Å². The highest BCUT2D eigenvalue weighted by atomic mass is 16.6. The Morgan fingerprint density at radius 1 is 0.581 bits per heavy atom. The van der Waals surface area contributed by atoms with Gasteiger partial charge in [-0.3, -0.25) is 19.2 Å².